The first-order valence-corrected chi connectivity index (χ1v) is 8.00. The van der Waals surface area contributed by atoms with Crippen LogP contribution < -0.4 is 15.6 Å². The molecule has 0 unspecified atom stereocenters. The number of aromatic amines is 1. The Labute approximate surface area is 144 Å². The zero-order valence-electron chi connectivity index (χ0n) is 12.3. The molecule has 0 radical (unpaired) electrons. The van der Waals surface area contributed by atoms with Crippen molar-refractivity contribution in [2.45, 2.75) is 5.16 Å². The molecule has 0 bridgehead atoms. The molecule has 9 nitrogen and oxygen atoms in total. The number of carbonyl (C=O) groups is 1. The van der Waals surface area contributed by atoms with E-state index in [1.807, 2.05) is 0 Å². The molecule has 2 N–H and O–H groups in total. The number of rotatable bonds is 5. The van der Waals surface area contributed by atoms with Crippen molar-refractivity contribution in [3.63, 3.8) is 0 Å². The molecule has 0 fully saturated rings. The molecule has 3 rings (SSSR count). The largest absolute Gasteiger partial charge is 0.495 e. The Kier molecular flexibility index (Phi) is 4.67. The summed E-state index contributed by atoms with van der Waals surface area (Å²) >= 11 is 7.05. The van der Waals surface area contributed by atoms with E-state index in [0.717, 1.165) is 18.0 Å². The molecule has 0 aliphatic carbocycles. The van der Waals surface area contributed by atoms with Gasteiger partial charge in [0.05, 0.1) is 18.6 Å². The number of halogens is 1. The summed E-state index contributed by atoms with van der Waals surface area (Å²) in [6, 6.07) is 4.93. The predicted octanol–water partition coefficient (Wildman–Crippen LogP) is 1.21. The Bertz CT molecular complexity index is 956. The van der Waals surface area contributed by atoms with Gasteiger partial charge < -0.3 is 10.1 Å². The van der Waals surface area contributed by atoms with Crippen LogP contribution in [0.5, 0.6) is 5.75 Å². The van der Waals surface area contributed by atoms with Crippen molar-refractivity contribution in [3.05, 3.63) is 39.8 Å². The molecule has 2 heterocycles. The summed E-state index contributed by atoms with van der Waals surface area (Å²) in [6.45, 7) is 0. The molecule has 0 saturated heterocycles. The van der Waals surface area contributed by atoms with E-state index in [0.29, 0.717) is 21.6 Å². The maximum atomic E-state index is 12.1. The first kappa shape index (κ1) is 16.3. The summed E-state index contributed by atoms with van der Waals surface area (Å²) in [6.07, 6.45) is 1.11. The van der Waals surface area contributed by atoms with E-state index in [1.165, 1.54) is 11.6 Å². The number of anilines is 1. The fourth-order valence-electron chi connectivity index (χ4n) is 1.88. The zero-order valence-corrected chi connectivity index (χ0v) is 13.9. The smallest absolute Gasteiger partial charge is 0.271 e. The molecule has 0 aliphatic heterocycles. The average Bonchev–Trinajstić information content (AvgIpc) is 2.95. The summed E-state index contributed by atoms with van der Waals surface area (Å²) < 4.78 is 6.52. The first-order valence-electron chi connectivity index (χ1n) is 6.64. The van der Waals surface area contributed by atoms with Gasteiger partial charge >= 0.3 is 0 Å². The summed E-state index contributed by atoms with van der Waals surface area (Å²) in [5.41, 5.74) is 0.0985. The lowest BCUT2D eigenvalue weighted by Gasteiger charge is -2.10. The van der Waals surface area contributed by atoms with Gasteiger partial charge in [-0.15, -0.1) is 10.2 Å². The van der Waals surface area contributed by atoms with Crippen molar-refractivity contribution in [1.29, 1.82) is 0 Å². The second-order valence-electron chi connectivity index (χ2n) is 4.53. The van der Waals surface area contributed by atoms with Gasteiger partial charge in [0.2, 0.25) is 11.1 Å². The average molecular weight is 367 g/mol. The summed E-state index contributed by atoms with van der Waals surface area (Å²) in [7, 11) is 1.50. The molecule has 1 amide bonds. The lowest BCUT2D eigenvalue weighted by atomic mass is 10.3. The number of fused-ring (bicyclic) bond motifs is 1. The predicted molar refractivity (Wildman–Crippen MR) is 88.8 cm³/mol. The molecule has 0 saturated carbocycles. The third kappa shape index (κ3) is 3.49. The number of carbonyl (C=O) groups excluding carboxylic acids is 1. The van der Waals surface area contributed by atoms with E-state index in [1.54, 1.807) is 18.2 Å². The fourth-order valence-corrected chi connectivity index (χ4v) is 2.74. The molecule has 11 heteroatoms. The van der Waals surface area contributed by atoms with Gasteiger partial charge in [-0.05, 0) is 18.2 Å². The van der Waals surface area contributed by atoms with Crippen molar-refractivity contribution in [2.24, 2.45) is 0 Å². The molecule has 1 aromatic carbocycles. The third-order valence-electron chi connectivity index (χ3n) is 2.91. The summed E-state index contributed by atoms with van der Waals surface area (Å²) in [5, 5.41) is 15.1. The van der Waals surface area contributed by atoms with Crippen LogP contribution in [0.4, 0.5) is 5.69 Å². The molecule has 0 atom stereocenters. The molecular formula is C13H11ClN6O3S. The molecular weight excluding hydrogens is 356 g/mol. The zero-order chi connectivity index (χ0) is 17.1. The number of nitrogens with one attached hydrogen (secondary N) is 2. The third-order valence-corrected chi connectivity index (χ3v) is 4.06. The highest BCUT2D eigenvalue weighted by Crippen LogP contribution is 2.28. The topological polar surface area (TPSA) is 114 Å². The Morgan fingerprint density at radius 3 is 3.08 bits per heavy atom. The van der Waals surface area contributed by atoms with Crippen molar-refractivity contribution in [3.8, 4) is 5.75 Å². The van der Waals surface area contributed by atoms with Crippen LogP contribution in [-0.2, 0) is 4.79 Å². The Morgan fingerprint density at radius 2 is 2.29 bits per heavy atom. The fraction of sp³-hybridized carbons (Fsp3) is 0.154. The van der Waals surface area contributed by atoms with E-state index < -0.39 is 0 Å². The number of benzene rings is 1. The van der Waals surface area contributed by atoms with E-state index in [9.17, 15) is 9.59 Å². The number of methoxy groups -OCH3 is 1. The van der Waals surface area contributed by atoms with E-state index >= 15 is 0 Å². The highest BCUT2D eigenvalue weighted by atomic mass is 35.5. The number of nitrogens with zero attached hydrogens (tertiary/aromatic N) is 4. The quantitative estimate of drug-likeness (QED) is 0.652. The Balaban J connectivity index is 1.69. The van der Waals surface area contributed by atoms with Gasteiger partial charge in [0, 0.05) is 5.02 Å². The maximum absolute atomic E-state index is 12.1. The minimum absolute atomic E-state index is 0.0667. The molecule has 2 aromatic heterocycles. The second-order valence-corrected chi connectivity index (χ2v) is 5.91. The van der Waals surface area contributed by atoms with Gasteiger partial charge in [-0.2, -0.15) is 9.61 Å². The minimum Gasteiger partial charge on any atom is -0.495 e. The van der Waals surface area contributed by atoms with Crippen molar-refractivity contribution >= 4 is 40.7 Å². The van der Waals surface area contributed by atoms with E-state index in [4.69, 9.17) is 16.3 Å². The van der Waals surface area contributed by atoms with Gasteiger partial charge in [0.25, 0.3) is 11.3 Å². The van der Waals surface area contributed by atoms with E-state index in [-0.39, 0.29) is 23.0 Å². The van der Waals surface area contributed by atoms with Gasteiger partial charge in [-0.1, -0.05) is 23.4 Å². The molecule has 0 aliphatic rings. The van der Waals surface area contributed by atoms with Crippen molar-refractivity contribution in [1.82, 2.24) is 24.8 Å². The van der Waals surface area contributed by atoms with Crippen LogP contribution in [0.25, 0.3) is 5.78 Å². The number of H-pyrrole nitrogens is 1. The maximum Gasteiger partial charge on any atom is 0.271 e. The normalized spacial score (nSPS) is 10.8. The Hall–Kier alpha value is -2.59. The standard InChI is InChI=1S/C13H11ClN6O3S/c1-23-9-3-2-7(14)4-8(9)16-11(22)6-24-13-19-18-12-17-10(21)5-15-20(12)13/h2-5H,6H2,1H3,(H,16,22)(H,17,18,21). The minimum atomic E-state index is -0.378. The molecule has 24 heavy (non-hydrogen) atoms. The van der Waals surface area contributed by atoms with Gasteiger partial charge in [-0.25, -0.2) is 0 Å². The van der Waals surface area contributed by atoms with Crippen LogP contribution in [0.2, 0.25) is 5.02 Å². The van der Waals surface area contributed by atoms with Crippen LogP contribution in [0, 0.1) is 0 Å². The van der Waals surface area contributed by atoms with Crippen molar-refractivity contribution < 1.29 is 9.53 Å². The van der Waals surface area contributed by atoms with Crippen LogP contribution in [0.1, 0.15) is 0 Å². The number of hydrogen-bond donors (Lipinski definition) is 2. The lowest BCUT2D eigenvalue weighted by Crippen LogP contribution is -2.15. The second kappa shape index (κ2) is 6.89. The first-order chi connectivity index (χ1) is 11.6. The molecule has 124 valence electrons. The van der Waals surface area contributed by atoms with Crippen LogP contribution in [-0.4, -0.2) is 43.6 Å². The SMILES string of the molecule is COc1ccc(Cl)cc1NC(=O)CSc1nnc2[nH]c(=O)cnn12. The number of thioether (sulfide) groups is 1. The van der Waals surface area contributed by atoms with Crippen molar-refractivity contribution in [2.75, 3.05) is 18.2 Å². The highest BCUT2D eigenvalue weighted by Gasteiger charge is 2.12. The number of hydrogen-bond acceptors (Lipinski definition) is 7. The number of ether oxygens (including phenoxy) is 1. The monoisotopic (exact) mass is 366 g/mol. The van der Waals surface area contributed by atoms with Crippen LogP contribution in [0.3, 0.4) is 0 Å². The van der Waals surface area contributed by atoms with Crippen LogP contribution >= 0.6 is 23.4 Å². The summed E-state index contributed by atoms with van der Waals surface area (Å²) in [4.78, 5) is 25.8. The molecule has 0 spiro atoms. The highest BCUT2D eigenvalue weighted by molar-refractivity contribution is 7.99. The van der Waals surface area contributed by atoms with Crippen LogP contribution in [0.15, 0.2) is 34.3 Å². The van der Waals surface area contributed by atoms with E-state index in [2.05, 4.69) is 25.6 Å². The van der Waals surface area contributed by atoms with Gasteiger partial charge in [-0.3, -0.25) is 14.6 Å². The summed E-state index contributed by atoms with van der Waals surface area (Å²) in [5.74, 6) is 0.505. The Morgan fingerprint density at radius 1 is 1.46 bits per heavy atom. The lowest BCUT2D eigenvalue weighted by molar-refractivity contribution is -0.113. The number of aromatic nitrogens is 5. The molecule has 3 aromatic rings. The van der Waals surface area contributed by atoms with Gasteiger partial charge in [0.15, 0.2) is 0 Å². The number of amides is 1. The van der Waals surface area contributed by atoms with Gasteiger partial charge in [0.1, 0.15) is 11.9 Å².